The lowest BCUT2D eigenvalue weighted by atomic mass is 10.2. The molecule has 6 heteroatoms. The van der Waals surface area contributed by atoms with Gasteiger partial charge in [0.15, 0.2) is 5.82 Å². The van der Waals surface area contributed by atoms with Crippen LogP contribution in [0.3, 0.4) is 0 Å². The van der Waals surface area contributed by atoms with E-state index in [1.807, 2.05) is 6.07 Å². The summed E-state index contributed by atoms with van der Waals surface area (Å²) in [7, 11) is 1.52. The Morgan fingerprint density at radius 1 is 1.53 bits per heavy atom. The van der Waals surface area contributed by atoms with E-state index in [-0.39, 0.29) is 6.61 Å². The molecule has 0 saturated heterocycles. The lowest BCUT2D eigenvalue weighted by Crippen LogP contribution is -2.02. The van der Waals surface area contributed by atoms with Crippen LogP contribution in [0.2, 0.25) is 0 Å². The van der Waals surface area contributed by atoms with Crippen LogP contribution in [0.4, 0.5) is 0 Å². The highest BCUT2D eigenvalue weighted by Gasteiger charge is 2.10. The van der Waals surface area contributed by atoms with Crippen LogP contribution in [0.1, 0.15) is 11.4 Å². The zero-order valence-electron chi connectivity index (χ0n) is 9.16. The smallest absolute Gasteiger partial charge is 0.163 e. The van der Waals surface area contributed by atoms with Gasteiger partial charge in [-0.15, -0.1) is 10.2 Å². The number of ether oxygens (including phenoxy) is 1. The number of methoxy groups -OCH3 is 1. The van der Waals surface area contributed by atoms with Crippen molar-refractivity contribution in [1.29, 1.82) is 5.26 Å². The molecule has 86 valence electrons. The number of nitriles is 1. The van der Waals surface area contributed by atoms with Crippen molar-refractivity contribution in [2.45, 2.75) is 6.61 Å². The Bertz CT molecular complexity index is 571. The number of rotatable bonds is 3. The fourth-order valence-electron chi connectivity index (χ4n) is 1.51. The quantitative estimate of drug-likeness (QED) is 0.836. The summed E-state index contributed by atoms with van der Waals surface area (Å²) in [5.41, 5.74) is 1.18. The molecule has 0 radical (unpaired) electrons. The molecule has 0 unspecified atom stereocenters. The predicted molar refractivity (Wildman–Crippen MR) is 58.5 cm³/mol. The lowest BCUT2D eigenvalue weighted by Gasteiger charge is -2.10. The Morgan fingerprint density at radius 2 is 2.35 bits per heavy atom. The lowest BCUT2D eigenvalue weighted by molar-refractivity contribution is 0.268. The van der Waals surface area contributed by atoms with Crippen LogP contribution in [0, 0.1) is 11.3 Å². The molecule has 0 aliphatic carbocycles. The molecule has 1 aromatic carbocycles. The highest BCUT2D eigenvalue weighted by Crippen LogP contribution is 2.24. The molecule has 2 aromatic rings. The summed E-state index contributed by atoms with van der Waals surface area (Å²) in [5.74, 6) is 0.937. The monoisotopic (exact) mass is 230 g/mol. The third-order valence-electron chi connectivity index (χ3n) is 2.33. The summed E-state index contributed by atoms with van der Waals surface area (Å²) in [6, 6.07) is 7.04. The van der Waals surface area contributed by atoms with Crippen molar-refractivity contribution in [2.75, 3.05) is 7.11 Å². The van der Waals surface area contributed by atoms with Gasteiger partial charge in [0.1, 0.15) is 18.7 Å². The molecule has 6 nitrogen and oxygen atoms in total. The summed E-state index contributed by atoms with van der Waals surface area (Å²) in [4.78, 5) is 0. The molecule has 1 heterocycles. The fourth-order valence-corrected chi connectivity index (χ4v) is 1.51. The van der Waals surface area contributed by atoms with E-state index in [1.165, 1.54) is 13.4 Å². The van der Waals surface area contributed by atoms with E-state index < -0.39 is 0 Å². The third-order valence-corrected chi connectivity index (χ3v) is 2.33. The average molecular weight is 230 g/mol. The van der Waals surface area contributed by atoms with Crippen LogP contribution in [0.15, 0.2) is 24.5 Å². The van der Waals surface area contributed by atoms with Crippen molar-refractivity contribution >= 4 is 0 Å². The molecule has 0 fully saturated rings. The van der Waals surface area contributed by atoms with E-state index in [4.69, 9.17) is 15.1 Å². The summed E-state index contributed by atoms with van der Waals surface area (Å²) < 4.78 is 6.81. The number of benzene rings is 1. The predicted octanol–water partition coefficient (Wildman–Crippen LogP) is 0.640. The molecular formula is C11H10N4O2. The number of hydrogen-bond acceptors (Lipinski definition) is 5. The van der Waals surface area contributed by atoms with Crippen LogP contribution >= 0.6 is 0 Å². The van der Waals surface area contributed by atoms with Gasteiger partial charge in [0.2, 0.25) is 0 Å². The van der Waals surface area contributed by atoms with E-state index >= 15 is 0 Å². The highest BCUT2D eigenvalue weighted by atomic mass is 16.5. The molecule has 0 spiro atoms. The molecule has 0 atom stereocenters. The van der Waals surface area contributed by atoms with Crippen LogP contribution in [-0.4, -0.2) is 27.0 Å². The van der Waals surface area contributed by atoms with E-state index in [0.717, 1.165) is 0 Å². The standard InChI is InChI=1S/C11H10N4O2/c1-17-10-4-8(5-12)2-3-9(10)15-7-13-14-11(15)6-16/h2-4,7,16H,6H2,1H3. The van der Waals surface area contributed by atoms with Gasteiger partial charge in [0.05, 0.1) is 24.4 Å². The van der Waals surface area contributed by atoms with Gasteiger partial charge >= 0.3 is 0 Å². The largest absolute Gasteiger partial charge is 0.495 e. The molecular weight excluding hydrogens is 220 g/mol. The molecule has 0 saturated carbocycles. The van der Waals surface area contributed by atoms with Crippen LogP contribution in [0.5, 0.6) is 5.75 Å². The molecule has 1 N–H and O–H groups in total. The Morgan fingerprint density at radius 3 is 3.00 bits per heavy atom. The minimum Gasteiger partial charge on any atom is -0.495 e. The maximum Gasteiger partial charge on any atom is 0.163 e. The van der Waals surface area contributed by atoms with Gasteiger partial charge in [0.25, 0.3) is 0 Å². The number of aliphatic hydroxyl groups is 1. The average Bonchev–Trinajstić information content (AvgIpc) is 2.85. The van der Waals surface area contributed by atoms with Crippen LogP contribution in [0.25, 0.3) is 5.69 Å². The minimum atomic E-state index is -0.219. The fraction of sp³-hybridized carbons (Fsp3) is 0.182. The first-order valence-electron chi connectivity index (χ1n) is 4.88. The molecule has 0 bridgehead atoms. The van der Waals surface area contributed by atoms with Gasteiger partial charge < -0.3 is 9.84 Å². The Balaban J connectivity index is 2.56. The third kappa shape index (κ3) is 1.96. The number of nitrogens with zero attached hydrogens (tertiary/aromatic N) is 4. The van der Waals surface area contributed by atoms with Crippen molar-refractivity contribution in [2.24, 2.45) is 0 Å². The van der Waals surface area contributed by atoms with Gasteiger partial charge in [-0.3, -0.25) is 4.57 Å². The summed E-state index contributed by atoms with van der Waals surface area (Å²) in [6.45, 7) is -0.219. The second kappa shape index (κ2) is 4.63. The summed E-state index contributed by atoms with van der Waals surface area (Å²) in [6.07, 6.45) is 1.48. The number of hydrogen-bond donors (Lipinski definition) is 1. The topological polar surface area (TPSA) is 84.0 Å². The van der Waals surface area contributed by atoms with E-state index in [9.17, 15) is 0 Å². The maximum absolute atomic E-state index is 9.12. The maximum atomic E-state index is 9.12. The molecule has 0 aliphatic rings. The van der Waals surface area contributed by atoms with E-state index in [1.54, 1.807) is 22.8 Å². The Kier molecular flexibility index (Phi) is 3.03. The molecule has 2 rings (SSSR count). The van der Waals surface area contributed by atoms with E-state index in [2.05, 4.69) is 10.2 Å². The van der Waals surface area contributed by atoms with Crippen molar-refractivity contribution in [3.05, 3.63) is 35.9 Å². The Labute approximate surface area is 97.7 Å². The number of aromatic nitrogens is 3. The summed E-state index contributed by atoms with van der Waals surface area (Å²) >= 11 is 0. The van der Waals surface area contributed by atoms with Gasteiger partial charge in [-0.1, -0.05) is 0 Å². The van der Waals surface area contributed by atoms with Gasteiger partial charge in [0, 0.05) is 6.07 Å². The van der Waals surface area contributed by atoms with E-state index in [0.29, 0.717) is 22.8 Å². The zero-order valence-corrected chi connectivity index (χ0v) is 9.16. The molecule has 0 amide bonds. The first-order valence-corrected chi connectivity index (χ1v) is 4.88. The normalized spacial score (nSPS) is 9.94. The summed E-state index contributed by atoms with van der Waals surface area (Å²) in [5, 5.41) is 25.4. The SMILES string of the molecule is COc1cc(C#N)ccc1-n1cnnc1CO. The first kappa shape index (κ1) is 11.1. The van der Waals surface area contributed by atoms with Crippen molar-refractivity contribution in [1.82, 2.24) is 14.8 Å². The molecule has 0 aliphatic heterocycles. The van der Waals surface area contributed by atoms with Crippen molar-refractivity contribution in [3.63, 3.8) is 0 Å². The van der Waals surface area contributed by atoms with Gasteiger partial charge in [-0.05, 0) is 12.1 Å². The highest BCUT2D eigenvalue weighted by molar-refractivity contribution is 5.51. The van der Waals surface area contributed by atoms with Gasteiger partial charge in [-0.25, -0.2) is 0 Å². The first-order chi connectivity index (χ1) is 8.30. The van der Waals surface area contributed by atoms with Crippen LogP contribution in [-0.2, 0) is 6.61 Å². The minimum absolute atomic E-state index is 0.219. The van der Waals surface area contributed by atoms with Crippen molar-refractivity contribution in [3.8, 4) is 17.5 Å². The Hall–Kier alpha value is -2.39. The number of aliphatic hydroxyl groups excluding tert-OH is 1. The van der Waals surface area contributed by atoms with Crippen molar-refractivity contribution < 1.29 is 9.84 Å². The molecule has 17 heavy (non-hydrogen) atoms. The van der Waals surface area contributed by atoms with Crippen LogP contribution < -0.4 is 4.74 Å². The second-order valence-corrected chi connectivity index (χ2v) is 3.27. The molecule has 1 aromatic heterocycles. The second-order valence-electron chi connectivity index (χ2n) is 3.27. The zero-order chi connectivity index (χ0) is 12.3. The van der Waals surface area contributed by atoms with Gasteiger partial charge in [-0.2, -0.15) is 5.26 Å².